The number of nitrogens with one attached hydrogen (secondary N) is 1. The largest absolute Gasteiger partial charge is 0.363 e. The summed E-state index contributed by atoms with van der Waals surface area (Å²) in [4.78, 5) is 13.2. The minimum absolute atomic E-state index is 0.0668. The fourth-order valence-corrected chi connectivity index (χ4v) is 2.20. The number of halogens is 2. The Bertz CT molecular complexity index is 465. The van der Waals surface area contributed by atoms with Crippen molar-refractivity contribution >= 4 is 27.5 Å². The number of benzene rings is 1. The first-order valence-corrected chi connectivity index (χ1v) is 6.83. The summed E-state index contributed by atoms with van der Waals surface area (Å²) in [6.45, 7) is 4.12. The lowest BCUT2D eigenvalue weighted by Crippen LogP contribution is -2.38. The van der Waals surface area contributed by atoms with Crippen LogP contribution in [0.4, 0.5) is 10.1 Å². The fraction of sp³-hybridized carbons (Fsp3) is 0.462. The van der Waals surface area contributed by atoms with E-state index in [1.54, 1.807) is 24.1 Å². The first-order chi connectivity index (χ1) is 8.86. The second-order valence-electron chi connectivity index (χ2n) is 4.65. The zero-order chi connectivity index (χ0) is 14.6. The predicted molar refractivity (Wildman–Crippen MR) is 78.5 cm³/mol. The Hall–Kier alpha value is -1.14. The molecule has 0 atom stereocenters. The lowest BCUT2D eigenvalue weighted by atomic mass is 10.2. The molecule has 1 rings (SSSR count). The van der Waals surface area contributed by atoms with Crippen LogP contribution in [0.3, 0.4) is 0 Å². The molecule has 0 aliphatic carbocycles. The van der Waals surface area contributed by atoms with Crippen molar-refractivity contribution < 1.29 is 9.18 Å². The molecule has 0 spiro atoms. The van der Waals surface area contributed by atoms with Crippen LogP contribution in [-0.2, 0) is 11.3 Å². The van der Waals surface area contributed by atoms with Gasteiger partial charge in [0.05, 0.1) is 16.7 Å². The highest BCUT2D eigenvalue weighted by Crippen LogP contribution is 2.28. The molecule has 0 heterocycles. The summed E-state index contributed by atoms with van der Waals surface area (Å²) in [5, 5.41) is 2.77. The van der Waals surface area contributed by atoms with E-state index >= 15 is 0 Å². The van der Waals surface area contributed by atoms with Crippen LogP contribution in [0.5, 0.6) is 0 Å². The number of anilines is 1. The van der Waals surface area contributed by atoms with Crippen LogP contribution >= 0.6 is 15.9 Å². The molecule has 3 N–H and O–H groups in total. The maximum atomic E-state index is 14.1. The number of rotatable bonds is 5. The number of hydrogen-bond acceptors (Lipinski definition) is 3. The highest BCUT2D eigenvalue weighted by molar-refractivity contribution is 9.10. The molecule has 0 saturated heterocycles. The molecule has 106 valence electrons. The Morgan fingerprint density at radius 1 is 1.53 bits per heavy atom. The number of nitrogens with zero attached hydrogens (tertiary/aromatic N) is 1. The van der Waals surface area contributed by atoms with Gasteiger partial charge in [0.15, 0.2) is 5.82 Å². The fourth-order valence-electron chi connectivity index (χ4n) is 1.70. The third kappa shape index (κ3) is 4.18. The molecular formula is C13H19BrFN3O. The standard InChI is InChI=1S/C13H19BrFN3O/c1-8(2)17-11(19)7-18(3)10-5-4-9(6-16)12(14)13(10)15/h4-5,8H,6-7,16H2,1-3H3,(H,17,19). The van der Waals surface area contributed by atoms with Crippen molar-refractivity contribution in [1.82, 2.24) is 5.32 Å². The summed E-state index contributed by atoms with van der Waals surface area (Å²) in [5.74, 6) is -0.543. The van der Waals surface area contributed by atoms with Crippen LogP contribution in [-0.4, -0.2) is 25.5 Å². The molecule has 1 amide bonds. The van der Waals surface area contributed by atoms with Crippen molar-refractivity contribution in [3.8, 4) is 0 Å². The van der Waals surface area contributed by atoms with Crippen molar-refractivity contribution in [1.29, 1.82) is 0 Å². The topological polar surface area (TPSA) is 58.4 Å². The second kappa shape index (κ2) is 6.86. The average molecular weight is 332 g/mol. The zero-order valence-electron chi connectivity index (χ0n) is 11.3. The van der Waals surface area contributed by atoms with E-state index in [1.165, 1.54) is 0 Å². The van der Waals surface area contributed by atoms with Crippen molar-refractivity contribution in [2.75, 3.05) is 18.5 Å². The van der Waals surface area contributed by atoms with Gasteiger partial charge in [-0.1, -0.05) is 6.07 Å². The molecule has 0 saturated carbocycles. The molecule has 0 bridgehead atoms. The summed E-state index contributed by atoms with van der Waals surface area (Å²) in [7, 11) is 1.67. The van der Waals surface area contributed by atoms with E-state index in [9.17, 15) is 9.18 Å². The normalized spacial score (nSPS) is 10.7. The van der Waals surface area contributed by atoms with Gasteiger partial charge in [0.25, 0.3) is 0 Å². The highest BCUT2D eigenvalue weighted by Gasteiger charge is 2.15. The molecule has 6 heteroatoms. The summed E-state index contributed by atoms with van der Waals surface area (Å²) >= 11 is 3.18. The SMILES string of the molecule is CC(C)NC(=O)CN(C)c1ccc(CN)c(Br)c1F. The van der Waals surface area contributed by atoms with Gasteiger partial charge >= 0.3 is 0 Å². The number of nitrogens with two attached hydrogens (primary N) is 1. The number of carbonyl (C=O) groups is 1. The van der Waals surface area contributed by atoms with Gasteiger partial charge in [-0.15, -0.1) is 0 Å². The Morgan fingerprint density at radius 2 is 2.16 bits per heavy atom. The molecular weight excluding hydrogens is 313 g/mol. The maximum Gasteiger partial charge on any atom is 0.239 e. The van der Waals surface area contributed by atoms with Crippen molar-refractivity contribution in [3.05, 3.63) is 28.0 Å². The summed E-state index contributed by atoms with van der Waals surface area (Å²) in [6.07, 6.45) is 0. The van der Waals surface area contributed by atoms with Gasteiger partial charge in [-0.3, -0.25) is 4.79 Å². The average Bonchev–Trinajstić information content (AvgIpc) is 2.31. The third-order valence-corrected chi connectivity index (χ3v) is 3.46. The maximum absolute atomic E-state index is 14.1. The number of carbonyl (C=O) groups excluding carboxylic acids is 1. The quantitative estimate of drug-likeness (QED) is 0.867. The molecule has 0 fully saturated rings. The second-order valence-corrected chi connectivity index (χ2v) is 5.45. The van der Waals surface area contributed by atoms with E-state index in [0.29, 0.717) is 15.7 Å². The van der Waals surface area contributed by atoms with Gasteiger partial charge in [0.1, 0.15) is 0 Å². The van der Waals surface area contributed by atoms with E-state index in [4.69, 9.17) is 5.73 Å². The molecule has 0 aliphatic rings. The van der Waals surface area contributed by atoms with E-state index in [1.807, 2.05) is 13.8 Å². The van der Waals surface area contributed by atoms with Crippen molar-refractivity contribution in [3.63, 3.8) is 0 Å². The van der Waals surface area contributed by atoms with E-state index < -0.39 is 5.82 Å². The van der Waals surface area contributed by atoms with Gasteiger partial charge < -0.3 is 16.0 Å². The molecule has 19 heavy (non-hydrogen) atoms. The van der Waals surface area contributed by atoms with Gasteiger partial charge in [0, 0.05) is 19.6 Å². The van der Waals surface area contributed by atoms with Crippen molar-refractivity contribution in [2.24, 2.45) is 5.73 Å². The molecule has 0 aliphatic heterocycles. The highest BCUT2D eigenvalue weighted by atomic mass is 79.9. The van der Waals surface area contributed by atoms with Crippen LogP contribution in [0.2, 0.25) is 0 Å². The first-order valence-electron chi connectivity index (χ1n) is 6.04. The molecule has 1 aromatic carbocycles. The minimum Gasteiger partial charge on any atom is -0.363 e. The van der Waals surface area contributed by atoms with Crippen LogP contribution in [0.1, 0.15) is 19.4 Å². The number of likely N-dealkylation sites (N-methyl/N-ethyl adjacent to an activating group) is 1. The lowest BCUT2D eigenvalue weighted by molar-refractivity contribution is -0.120. The monoisotopic (exact) mass is 331 g/mol. The van der Waals surface area contributed by atoms with Gasteiger partial charge in [-0.2, -0.15) is 0 Å². The van der Waals surface area contributed by atoms with Gasteiger partial charge in [0.2, 0.25) is 5.91 Å². The summed E-state index contributed by atoms with van der Waals surface area (Å²) < 4.78 is 14.5. The van der Waals surface area contributed by atoms with Gasteiger partial charge in [-0.05, 0) is 41.4 Å². The Labute approximate surface area is 121 Å². The molecule has 0 radical (unpaired) electrons. The van der Waals surface area contributed by atoms with Gasteiger partial charge in [-0.25, -0.2) is 4.39 Å². The molecule has 0 aromatic heterocycles. The van der Waals surface area contributed by atoms with Crippen LogP contribution in [0, 0.1) is 5.82 Å². The summed E-state index contributed by atoms with van der Waals surface area (Å²) in [5.41, 5.74) is 6.57. The Balaban J connectivity index is 2.86. The van der Waals surface area contributed by atoms with Crippen LogP contribution in [0.15, 0.2) is 16.6 Å². The number of amides is 1. The first kappa shape index (κ1) is 15.9. The van der Waals surface area contributed by atoms with Crippen LogP contribution in [0.25, 0.3) is 0 Å². The smallest absolute Gasteiger partial charge is 0.239 e. The zero-order valence-corrected chi connectivity index (χ0v) is 12.9. The van der Waals surface area contributed by atoms with E-state index in [-0.39, 0.29) is 25.0 Å². The Morgan fingerprint density at radius 3 is 2.68 bits per heavy atom. The van der Waals surface area contributed by atoms with E-state index in [2.05, 4.69) is 21.2 Å². The molecule has 1 aromatic rings. The van der Waals surface area contributed by atoms with Crippen LogP contribution < -0.4 is 16.0 Å². The third-order valence-electron chi connectivity index (χ3n) is 2.60. The predicted octanol–water partition coefficient (Wildman–Crippen LogP) is 2.01. The lowest BCUT2D eigenvalue weighted by Gasteiger charge is -2.21. The van der Waals surface area contributed by atoms with E-state index in [0.717, 1.165) is 0 Å². The van der Waals surface area contributed by atoms with Crippen molar-refractivity contribution in [2.45, 2.75) is 26.4 Å². The number of hydrogen-bond donors (Lipinski definition) is 2. The summed E-state index contributed by atoms with van der Waals surface area (Å²) in [6, 6.07) is 3.45. The molecule has 4 nitrogen and oxygen atoms in total. The Kier molecular flexibility index (Phi) is 5.75. The minimum atomic E-state index is -0.400. The molecule has 0 unspecified atom stereocenters.